The summed E-state index contributed by atoms with van der Waals surface area (Å²) in [7, 11) is 3.73. The van der Waals surface area contributed by atoms with E-state index >= 15 is 0 Å². The first kappa shape index (κ1) is 22.3. The average molecular weight is 436 g/mol. The molecule has 2 aliphatic heterocycles. The molecular formula is C25H33N5O2. The lowest BCUT2D eigenvalue weighted by atomic mass is 9.88. The number of nitrogens with two attached hydrogens (primary N) is 1. The van der Waals surface area contributed by atoms with Crippen LogP contribution in [0.1, 0.15) is 41.6 Å². The predicted molar refractivity (Wildman–Crippen MR) is 129 cm³/mol. The van der Waals surface area contributed by atoms with Gasteiger partial charge in [-0.05, 0) is 68.6 Å². The molecule has 2 atom stereocenters. The minimum absolute atomic E-state index is 0.0256. The molecule has 2 heterocycles. The summed E-state index contributed by atoms with van der Waals surface area (Å²) in [5.41, 5.74) is 10.2. The van der Waals surface area contributed by atoms with Crippen LogP contribution in [0.4, 0.5) is 11.4 Å². The Labute approximate surface area is 190 Å². The fourth-order valence-electron chi connectivity index (χ4n) is 4.82. The number of para-hydroxylation sites is 2. The van der Waals surface area contributed by atoms with Gasteiger partial charge in [0.05, 0.1) is 17.3 Å². The summed E-state index contributed by atoms with van der Waals surface area (Å²) in [4.78, 5) is 15.1. The van der Waals surface area contributed by atoms with Crippen molar-refractivity contribution in [3.8, 4) is 0 Å². The average Bonchev–Trinajstić information content (AvgIpc) is 3.07. The highest BCUT2D eigenvalue weighted by atomic mass is 16.5. The zero-order valence-corrected chi connectivity index (χ0v) is 19.1. The minimum atomic E-state index is -0.143. The smallest absolute Gasteiger partial charge is 0.255 e. The SMILES string of the molecule is COC1C(CN2CCC(c3ccc(C(=O)Nc4ccccc4N)cc3)CC2)C(C)=NN1C. The minimum Gasteiger partial charge on any atom is -0.397 e. The van der Waals surface area contributed by atoms with Gasteiger partial charge in [0.25, 0.3) is 5.91 Å². The summed E-state index contributed by atoms with van der Waals surface area (Å²) >= 11 is 0. The second-order valence-electron chi connectivity index (χ2n) is 8.79. The molecule has 0 bridgehead atoms. The van der Waals surface area contributed by atoms with Crippen molar-refractivity contribution in [1.29, 1.82) is 0 Å². The van der Waals surface area contributed by atoms with Crippen LogP contribution in [0.3, 0.4) is 0 Å². The number of methoxy groups -OCH3 is 1. The summed E-state index contributed by atoms with van der Waals surface area (Å²) < 4.78 is 5.66. The quantitative estimate of drug-likeness (QED) is 0.678. The van der Waals surface area contributed by atoms with Gasteiger partial charge in [0.1, 0.15) is 0 Å². The molecule has 7 nitrogen and oxygen atoms in total. The molecule has 2 aliphatic rings. The topological polar surface area (TPSA) is 83.2 Å². The molecule has 2 aromatic carbocycles. The van der Waals surface area contributed by atoms with Gasteiger partial charge in [-0.2, -0.15) is 5.10 Å². The highest BCUT2D eigenvalue weighted by Gasteiger charge is 2.35. The Morgan fingerprint density at radius 2 is 1.84 bits per heavy atom. The number of carbonyl (C=O) groups excluding carboxylic acids is 1. The maximum absolute atomic E-state index is 12.6. The van der Waals surface area contributed by atoms with Crippen molar-refractivity contribution < 1.29 is 9.53 Å². The standard InChI is InChI=1S/C25H33N5O2/c1-17-21(25(32-3)29(2)28-17)16-30-14-12-19(13-15-30)18-8-10-20(11-9-18)24(31)27-23-7-5-4-6-22(23)26/h4-11,19,21,25H,12-16,26H2,1-3H3,(H,27,31). The lowest BCUT2D eigenvalue weighted by Gasteiger charge is -2.35. The highest BCUT2D eigenvalue weighted by molar-refractivity contribution is 6.05. The molecule has 0 aromatic heterocycles. The molecule has 0 spiro atoms. The first-order valence-electron chi connectivity index (χ1n) is 11.2. The fourth-order valence-corrected chi connectivity index (χ4v) is 4.82. The number of nitrogen functional groups attached to an aromatic ring is 1. The van der Waals surface area contributed by atoms with Gasteiger partial charge in [-0.25, -0.2) is 0 Å². The van der Waals surface area contributed by atoms with Gasteiger partial charge in [0.15, 0.2) is 6.23 Å². The lowest BCUT2D eigenvalue weighted by molar-refractivity contribution is -0.0330. The number of hydrazone groups is 1. The van der Waals surface area contributed by atoms with E-state index in [1.807, 2.05) is 36.3 Å². The van der Waals surface area contributed by atoms with Crippen LogP contribution in [0, 0.1) is 5.92 Å². The highest BCUT2D eigenvalue weighted by Crippen LogP contribution is 2.30. The van der Waals surface area contributed by atoms with Gasteiger partial charge in [-0.15, -0.1) is 0 Å². The molecule has 4 rings (SSSR count). The van der Waals surface area contributed by atoms with Gasteiger partial charge in [0, 0.05) is 32.0 Å². The number of nitrogens with one attached hydrogen (secondary N) is 1. The predicted octanol–water partition coefficient (Wildman–Crippen LogP) is 3.61. The van der Waals surface area contributed by atoms with E-state index in [-0.39, 0.29) is 12.1 Å². The largest absolute Gasteiger partial charge is 0.397 e. The molecule has 2 unspecified atom stereocenters. The van der Waals surface area contributed by atoms with Crippen LogP contribution in [-0.4, -0.2) is 61.5 Å². The van der Waals surface area contributed by atoms with E-state index in [9.17, 15) is 4.79 Å². The second-order valence-corrected chi connectivity index (χ2v) is 8.79. The number of hydrogen-bond acceptors (Lipinski definition) is 6. The number of benzene rings is 2. The Hall–Kier alpha value is -2.90. The van der Waals surface area contributed by atoms with Crippen LogP contribution < -0.4 is 11.1 Å². The van der Waals surface area contributed by atoms with Gasteiger partial charge in [-0.3, -0.25) is 9.80 Å². The van der Waals surface area contributed by atoms with Crippen molar-refractivity contribution >= 4 is 23.0 Å². The number of carbonyl (C=O) groups is 1. The number of ether oxygens (including phenoxy) is 1. The normalized spacial score (nSPS) is 22.1. The molecular weight excluding hydrogens is 402 g/mol. The van der Waals surface area contributed by atoms with Gasteiger partial charge >= 0.3 is 0 Å². The summed E-state index contributed by atoms with van der Waals surface area (Å²) in [5.74, 6) is 0.695. The first-order chi connectivity index (χ1) is 15.5. The Morgan fingerprint density at radius 1 is 1.16 bits per heavy atom. The maximum atomic E-state index is 12.6. The van der Waals surface area contributed by atoms with Crippen molar-refractivity contribution in [3.05, 3.63) is 59.7 Å². The van der Waals surface area contributed by atoms with Crippen LogP contribution in [0.15, 0.2) is 53.6 Å². The molecule has 7 heteroatoms. The lowest BCUT2D eigenvalue weighted by Crippen LogP contribution is -2.43. The van der Waals surface area contributed by atoms with Crippen LogP contribution in [0.25, 0.3) is 0 Å². The monoisotopic (exact) mass is 435 g/mol. The third-order valence-corrected chi connectivity index (χ3v) is 6.70. The van der Waals surface area contributed by atoms with E-state index in [2.05, 4.69) is 34.4 Å². The van der Waals surface area contributed by atoms with E-state index in [4.69, 9.17) is 10.5 Å². The summed E-state index contributed by atoms with van der Waals surface area (Å²) in [6, 6.07) is 15.3. The van der Waals surface area contributed by atoms with Gasteiger partial charge in [-0.1, -0.05) is 24.3 Å². The molecule has 0 aliphatic carbocycles. The first-order valence-corrected chi connectivity index (χ1v) is 11.2. The molecule has 0 radical (unpaired) electrons. The van der Waals surface area contributed by atoms with Crippen LogP contribution in [-0.2, 0) is 4.74 Å². The number of amides is 1. The van der Waals surface area contributed by atoms with Crippen molar-refractivity contribution in [2.45, 2.75) is 31.9 Å². The third kappa shape index (κ3) is 4.79. The van der Waals surface area contributed by atoms with Crippen molar-refractivity contribution in [1.82, 2.24) is 9.91 Å². The van der Waals surface area contributed by atoms with Crippen LogP contribution in [0.2, 0.25) is 0 Å². The van der Waals surface area contributed by atoms with Crippen molar-refractivity contribution in [3.63, 3.8) is 0 Å². The molecule has 1 amide bonds. The fraction of sp³-hybridized carbons (Fsp3) is 0.440. The van der Waals surface area contributed by atoms with E-state index in [1.54, 1.807) is 19.2 Å². The number of rotatable bonds is 6. The molecule has 170 valence electrons. The number of nitrogens with zero attached hydrogens (tertiary/aromatic N) is 3. The van der Waals surface area contributed by atoms with Gasteiger partial charge < -0.3 is 20.7 Å². The third-order valence-electron chi connectivity index (χ3n) is 6.70. The maximum Gasteiger partial charge on any atom is 0.255 e. The zero-order valence-electron chi connectivity index (χ0n) is 19.1. The van der Waals surface area contributed by atoms with E-state index in [1.165, 1.54) is 5.56 Å². The summed E-state index contributed by atoms with van der Waals surface area (Å²) in [6.45, 7) is 5.19. The number of likely N-dealkylation sites (tertiary alicyclic amines) is 1. The van der Waals surface area contributed by atoms with Crippen LogP contribution >= 0.6 is 0 Å². The Morgan fingerprint density at radius 3 is 2.50 bits per heavy atom. The molecule has 0 saturated carbocycles. The molecule has 1 saturated heterocycles. The Kier molecular flexibility index (Phi) is 6.77. The zero-order chi connectivity index (χ0) is 22.7. The molecule has 3 N–H and O–H groups in total. The van der Waals surface area contributed by atoms with Crippen molar-refractivity contribution in [2.24, 2.45) is 11.0 Å². The summed E-state index contributed by atoms with van der Waals surface area (Å²) in [6.07, 6.45) is 2.25. The van der Waals surface area contributed by atoms with Gasteiger partial charge in [0.2, 0.25) is 0 Å². The summed E-state index contributed by atoms with van der Waals surface area (Å²) in [5, 5.41) is 9.38. The molecule has 32 heavy (non-hydrogen) atoms. The second kappa shape index (κ2) is 9.71. The Balaban J connectivity index is 1.31. The van der Waals surface area contributed by atoms with Crippen molar-refractivity contribution in [2.75, 3.05) is 44.8 Å². The molecule has 2 aromatic rings. The van der Waals surface area contributed by atoms with Crippen LogP contribution in [0.5, 0.6) is 0 Å². The number of anilines is 2. The Bertz CT molecular complexity index is 967. The molecule has 1 fully saturated rings. The number of piperidine rings is 1. The van der Waals surface area contributed by atoms with E-state index < -0.39 is 0 Å². The van der Waals surface area contributed by atoms with E-state index in [0.717, 1.165) is 38.2 Å². The van der Waals surface area contributed by atoms with E-state index in [0.29, 0.717) is 28.8 Å². The number of hydrogen-bond donors (Lipinski definition) is 2.